The van der Waals surface area contributed by atoms with E-state index in [1.807, 2.05) is 36.5 Å². The van der Waals surface area contributed by atoms with Gasteiger partial charge in [0.1, 0.15) is 0 Å². The van der Waals surface area contributed by atoms with Gasteiger partial charge in [0.05, 0.1) is 16.7 Å². The van der Waals surface area contributed by atoms with Crippen molar-refractivity contribution >= 4 is 21.8 Å². The van der Waals surface area contributed by atoms with Crippen LogP contribution in [-0.2, 0) is 10.8 Å². The highest BCUT2D eigenvalue weighted by atomic mass is 15.0. The van der Waals surface area contributed by atoms with Gasteiger partial charge < -0.3 is 4.57 Å². The lowest BCUT2D eigenvalue weighted by molar-refractivity contribution is 0.125. The van der Waals surface area contributed by atoms with Crippen LogP contribution in [0.1, 0.15) is 52.7 Å². The van der Waals surface area contributed by atoms with Crippen molar-refractivity contribution in [3.05, 3.63) is 151 Å². The lowest BCUT2D eigenvalue weighted by atomic mass is 9.59. The van der Waals surface area contributed by atoms with Crippen LogP contribution in [-0.4, -0.2) is 24.5 Å². The van der Waals surface area contributed by atoms with Crippen LogP contribution in [0.5, 0.6) is 0 Å². The van der Waals surface area contributed by atoms with Crippen LogP contribution in [0.3, 0.4) is 0 Å². The Labute approximate surface area is 305 Å². The van der Waals surface area contributed by atoms with Crippen LogP contribution in [0.15, 0.2) is 140 Å². The molecule has 9 rings (SSSR count). The molecular formula is C47H41N5. The van der Waals surface area contributed by atoms with Gasteiger partial charge in [0, 0.05) is 44.9 Å². The quantitative estimate of drug-likeness (QED) is 0.182. The predicted octanol–water partition coefficient (Wildman–Crippen LogP) is 11.6. The molecule has 8 aromatic rings. The van der Waals surface area contributed by atoms with Crippen molar-refractivity contribution in [2.75, 3.05) is 0 Å². The molecule has 1 aliphatic carbocycles. The first-order valence-corrected chi connectivity index (χ1v) is 18.1. The Balaban J connectivity index is 1.14. The van der Waals surface area contributed by atoms with Gasteiger partial charge in [0.15, 0.2) is 17.5 Å². The second-order valence-corrected chi connectivity index (χ2v) is 15.7. The zero-order chi connectivity index (χ0) is 35.8. The highest BCUT2D eigenvalue weighted by Gasteiger charge is 2.56. The molecule has 0 aliphatic heterocycles. The molecule has 3 aromatic heterocycles. The summed E-state index contributed by atoms with van der Waals surface area (Å²) in [4.78, 5) is 20.1. The van der Waals surface area contributed by atoms with E-state index in [0.29, 0.717) is 17.5 Å². The normalized spacial score (nSPS) is 15.6. The van der Waals surface area contributed by atoms with E-state index in [-0.39, 0.29) is 16.2 Å². The highest BCUT2D eigenvalue weighted by Crippen LogP contribution is 2.61. The Hall–Kier alpha value is -5.94. The van der Waals surface area contributed by atoms with Crippen molar-refractivity contribution in [2.24, 2.45) is 5.41 Å². The van der Waals surface area contributed by atoms with Gasteiger partial charge in [-0.1, -0.05) is 120 Å². The molecule has 0 saturated carbocycles. The molecule has 0 spiro atoms. The van der Waals surface area contributed by atoms with Gasteiger partial charge in [0.2, 0.25) is 0 Å². The van der Waals surface area contributed by atoms with Gasteiger partial charge in [-0.25, -0.2) is 15.0 Å². The molecule has 0 atom stereocenters. The van der Waals surface area contributed by atoms with Crippen molar-refractivity contribution in [1.82, 2.24) is 24.5 Å². The van der Waals surface area contributed by atoms with E-state index in [0.717, 1.165) is 50.1 Å². The number of benzene rings is 5. The zero-order valence-electron chi connectivity index (χ0n) is 30.5. The maximum absolute atomic E-state index is 5.08. The minimum atomic E-state index is 0.0242. The summed E-state index contributed by atoms with van der Waals surface area (Å²) in [6.45, 7) is 14.3. The van der Waals surface area contributed by atoms with E-state index in [1.54, 1.807) is 0 Å². The molecule has 0 N–H and O–H groups in total. The first-order chi connectivity index (χ1) is 25.0. The molecule has 52 heavy (non-hydrogen) atoms. The Bertz CT molecular complexity index is 2630. The third kappa shape index (κ3) is 4.76. The fourth-order valence-corrected chi connectivity index (χ4v) is 8.23. The fraction of sp³-hybridized carbons (Fsp3) is 0.191. The molecule has 0 saturated heterocycles. The van der Waals surface area contributed by atoms with Crippen molar-refractivity contribution in [3.63, 3.8) is 0 Å². The van der Waals surface area contributed by atoms with Crippen molar-refractivity contribution < 1.29 is 0 Å². The minimum Gasteiger partial charge on any atom is -0.309 e. The largest absolute Gasteiger partial charge is 0.309 e. The lowest BCUT2D eigenvalue weighted by Crippen LogP contribution is -2.42. The van der Waals surface area contributed by atoms with E-state index < -0.39 is 0 Å². The van der Waals surface area contributed by atoms with Crippen molar-refractivity contribution in [1.29, 1.82) is 0 Å². The Morgan fingerprint density at radius 2 is 1.02 bits per heavy atom. The molecule has 0 bridgehead atoms. The number of para-hydroxylation sites is 2. The smallest absolute Gasteiger partial charge is 0.165 e. The van der Waals surface area contributed by atoms with Crippen LogP contribution in [0.4, 0.5) is 0 Å². The molecule has 0 radical (unpaired) electrons. The summed E-state index contributed by atoms with van der Waals surface area (Å²) in [6.07, 6.45) is 1.89. The van der Waals surface area contributed by atoms with Gasteiger partial charge in [-0.2, -0.15) is 0 Å². The predicted molar refractivity (Wildman–Crippen MR) is 214 cm³/mol. The van der Waals surface area contributed by atoms with Gasteiger partial charge in [0.25, 0.3) is 0 Å². The monoisotopic (exact) mass is 675 g/mol. The summed E-state index contributed by atoms with van der Waals surface area (Å²) in [5, 5.41) is 2.33. The molecule has 0 fully saturated rings. The van der Waals surface area contributed by atoms with Crippen LogP contribution in [0.25, 0.3) is 72.9 Å². The molecule has 3 heterocycles. The Kier molecular flexibility index (Phi) is 7.10. The van der Waals surface area contributed by atoms with Crippen molar-refractivity contribution in [2.45, 2.75) is 52.4 Å². The number of rotatable bonds is 5. The Morgan fingerprint density at radius 3 is 1.73 bits per heavy atom. The SMILES string of the molecule is CC1(C)c2ccc(-c3ccc(-c4nc(-c5ccccc5)nc(-c5ccc6c(c5)c5ccccc5n6-c5ccccc5)n4)cn3)cc2C(C)(C)C1(C)C. The fourth-order valence-electron chi connectivity index (χ4n) is 8.23. The maximum atomic E-state index is 5.08. The molecule has 5 heteroatoms. The van der Waals surface area contributed by atoms with Gasteiger partial charge >= 0.3 is 0 Å². The first-order valence-electron chi connectivity index (χ1n) is 18.1. The third-order valence-electron chi connectivity index (χ3n) is 12.4. The van der Waals surface area contributed by atoms with Crippen LogP contribution >= 0.6 is 0 Å². The number of hydrogen-bond acceptors (Lipinski definition) is 4. The average molecular weight is 676 g/mol. The second-order valence-electron chi connectivity index (χ2n) is 15.7. The highest BCUT2D eigenvalue weighted by molar-refractivity contribution is 6.10. The van der Waals surface area contributed by atoms with E-state index in [9.17, 15) is 0 Å². The summed E-state index contributed by atoms with van der Waals surface area (Å²) in [5.41, 5.74) is 11.2. The van der Waals surface area contributed by atoms with Crippen molar-refractivity contribution in [3.8, 4) is 51.1 Å². The topological polar surface area (TPSA) is 56.5 Å². The first kappa shape index (κ1) is 32.0. The van der Waals surface area contributed by atoms with E-state index in [4.69, 9.17) is 19.9 Å². The molecule has 254 valence electrons. The molecule has 5 aromatic carbocycles. The van der Waals surface area contributed by atoms with Gasteiger partial charge in [-0.15, -0.1) is 0 Å². The summed E-state index contributed by atoms with van der Waals surface area (Å²) in [5.74, 6) is 1.84. The number of pyridine rings is 1. The molecular weight excluding hydrogens is 635 g/mol. The number of hydrogen-bond donors (Lipinski definition) is 0. The molecule has 0 amide bonds. The Morgan fingerprint density at radius 1 is 0.442 bits per heavy atom. The zero-order valence-corrected chi connectivity index (χ0v) is 30.5. The van der Waals surface area contributed by atoms with Crippen LogP contribution < -0.4 is 0 Å². The number of aromatic nitrogens is 5. The van der Waals surface area contributed by atoms with E-state index in [1.165, 1.54) is 16.5 Å². The lowest BCUT2D eigenvalue weighted by Gasteiger charge is -2.44. The second kappa shape index (κ2) is 11.5. The average Bonchev–Trinajstić information content (AvgIpc) is 3.56. The van der Waals surface area contributed by atoms with Gasteiger partial charge in [-0.05, 0) is 82.0 Å². The summed E-state index contributed by atoms with van der Waals surface area (Å²) >= 11 is 0. The molecule has 5 nitrogen and oxygen atoms in total. The summed E-state index contributed by atoms with van der Waals surface area (Å²) in [7, 11) is 0. The van der Waals surface area contributed by atoms with Gasteiger partial charge in [-0.3, -0.25) is 4.98 Å². The van der Waals surface area contributed by atoms with Crippen LogP contribution in [0, 0.1) is 5.41 Å². The van der Waals surface area contributed by atoms with E-state index >= 15 is 0 Å². The summed E-state index contributed by atoms with van der Waals surface area (Å²) < 4.78 is 2.32. The van der Waals surface area contributed by atoms with Crippen LogP contribution in [0.2, 0.25) is 0 Å². The molecule has 0 unspecified atom stereocenters. The number of nitrogens with zero attached hydrogens (tertiary/aromatic N) is 5. The third-order valence-corrected chi connectivity index (χ3v) is 12.4. The summed E-state index contributed by atoms with van der Waals surface area (Å²) in [6, 6.07) is 46.8. The van der Waals surface area contributed by atoms with E-state index in [2.05, 4.69) is 149 Å². The number of fused-ring (bicyclic) bond motifs is 4. The standard InChI is InChI=1S/C47H41N5/c1-45(2)37-24-21-31(28-38(37)46(3,4)47(45,5)6)39-25-22-33(29-48-39)44-50-42(30-15-9-7-10-16-30)49-43(51-44)32-23-26-41-36(27-32)35-19-13-14-20-40(35)52(41)34-17-11-8-12-18-34/h7-29H,1-6H3. The maximum Gasteiger partial charge on any atom is 0.165 e. The molecule has 1 aliphatic rings. The minimum absolute atomic E-state index is 0.0242.